The zero-order chi connectivity index (χ0) is 16.0. The predicted octanol–water partition coefficient (Wildman–Crippen LogP) is 5.57. The van der Waals surface area contributed by atoms with Crippen molar-refractivity contribution in [2.75, 3.05) is 0 Å². The predicted molar refractivity (Wildman–Crippen MR) is 92.9 cm³/mol. The standard InChI is InChI=1S/C20H24N2O/c1-13-9-10-22-12-17(18-11-14(2)15(3)23-18)21-20(22)19(13)16-7-5-4-6-8-16/h9-12,16H,4-8H2,1-3H3. The van der Waals surface area contributed by atoms with Gasteiger partial charge in [0.25, 0.3) is 0 Å². The van der Waals surface area contributed by atoms with Crippen LogP contribution < -0.4 is 0 Å². The van der Waals surface area contributed by atoms with Crippen molar-refractivity contribution >= 4 is 5.65 Å². The summed E-state index contributed by atoms with van der Waals surface area (Å²) in [5.74, 6) is 2.50. The van der Waals surface area contributed by atoms with Gasteiger partial charge < -0.3 is 8.82 Å². The number of furan rings is 1. The molecule has 1 saturated carbocycles. The lowest BCUT2D eigenvalue weighted by atomic mass is 9.83. The van der Waals surface area contributed by atoms with Gasteiger partial charge in [-0.15, -0.1) is 0 Å². The van der Waals surface area contributed by atoms with E-state index < -0.39 is 0 Å². The maximum absolute atomic E-state index is 5.87. The highest BCUT2D eigenvalue weighted by molar-refractivity contribution is 5.63. The van der Waals surface area contributed by atoms with Crippen LogP contribution in [0.15, 0.2) is 28.9 Å². The fraction of sp³-hybridized carbons (Fsp3) is 0.450. The number of aromatic nitrogens is 2. The molecule has 0 spiro atoms. The van der Waals surface area contributed by atoms with Crippen LogP contribution >= 0.6 is 0 Å². The summed E-state index contributed by atoms with van der Waals surface area (Å²) < 4.78 is 8.04. The van der Waals surface area contributed by atoms with Gasteiger partial charge in [-0.25, -0.2) is 4.98 Å². The molecule has 0 atom stereocenters. The zero-order valence-electron chi connectivity index (χ0n) is 14.2. The maximum Gasteiger partial charge on any atom is 0.154 e. The van der Waals surface area contributed by atoms with E-state index in [1.807, 2.05) is 6.92 Å². The van der Waals surface area contributed by atoms with Crippen molar-refractivity contribution in [3.05, 3.63) is 47.0 Å². The first-order chi connectivity index (χ1) is 11.1. The van der Waals surface area contributed by atoms with Crippen LogP contribution in [0.4, 0.5) is 0 Å². The fourth-order valence-electron chi connectivity index (χ4n) is 3.88. The number of nitrogens with zero attached hydrogens (tertiary/aromatic N) is 2. The van der Waals surface area contributed by atoms with Crippen LogP contribution in [0.2, 0.25) is 0 Å². The van der Waals surface area contributed by atoms with Crippen molar-refractivity contribution in [1.29, 1.82) is 0 Å². The first-order valence-electron chi connectivity index (χ1n) is 8.69. The number of hydrogen-bond acceptors (Lipinski definition) is 2. The summed E-state index contributed by atoms with van der Waals surface area (Å²) in [6, 6.07) is 4.31. The second-order valence-electron chi connectivity index (χ2n) is 6.95. The highest BCUT2D eigenvalue weighted by Crippen LogP contribution is 2.37. The molecule has 0 amide bonds. The molecule has 0 radical (unpaired) electrons. The number of fused-ring (bicyclic) bond motifs is 1. The third-order valence-electron chi connectivity index (χ3n) is 5.32. The van der Waals surface area contributed by atoms with E-state index >= 15 is 0 Å². The number of pyridine rings is 1. The molecule has 1 aliphatic rings. The van der Waals surface area contributed by atoms with Gasteiger partial charge >= 0.3 is 0 Å². The van der Waals surface area contributed by atoms with Crippen molar-refractivity contribution in [3.63, 3.8) is 0 Å². The Morgan fingerprint density at radius 2 is 1.87 bits per heavy atom. The minimum Gasteiger partial charge on any atom is -0.459 e. The highest BCUT2D eigenvalue weighted by atomic mass is 16.3. The fourth-order valence-corrected chi connectivity index (χ4v) is 3.88. The van der Waals surface area contributed by atoms with Crippen LogP contribution in [0, 0.1) is 20.8 Å². The van der Waals surface area contributed by atoms with Gasteiger partial charge in [0.1, 0.15) is 17.1 Å². The largest absolute Gasteiger partial charge is 0.459 e. The van der Waals surface area contributed by atoms with Gasteiger partial charge in [-0.05, 0) is 62.8 Å². The highest BCUT2D eigenvalue weighted by Gasteiger charge is 2.22. The van der Waals surface area contributed by atoms with Crippen molar-refractivity contribution in [1.82, 2.24) is 9.38 Å². The Morgan fingerprint density at radius 1 is 1.09 bits per heavy atom. The third-order valence-corrected chi connectivity index (χ3v) is 5.32. The van der Waals surface area contributed by atoms with Crippen molar-refractivity contribution in [3.8, 4) is 11.5 Å². The number of imidazole rings is 1. The van der Waals surface area contributed by atoms with Crippen LogP contribution in [-0.2, 0) is 0 Å². The van der Waals surface area contributed by atoms with E-state index in [4.69, 9.17) is 9.40 Å². The molecular formula is C20H24N2O. The van der Waals surface area contributed by atoms with Gasteiger partial charge in [0.05, 0.1) is 0 Å². The van der Waals surface area contributed by atoms with Crippen LogP contribution in [-0.4, -0.2) is 9.38 Å². The molecular weight excluding hydrogens is 284 g/mol. The van der Waals surface area contributed by atoms with Crippen LogP contribution in [0.3, 0.4) is 0 Å². The lowest BCUT2D eigenvalue weighted by Crippen LogP contribution is -2.08. The topological polar surface area (TPSA) is 30.4 Å². The molecule has 0 bridgehead atoms. The summed E-state index contributed by atoms with van der Waals surface area (Å²) in [5, 5.41) is 0. The van der Waals surface area contributed by atoms with E-state index in [1.54, 1.807) is 0 Å². The number of aryl methyl sites for hydroxylation is 3. The summed E-state index contributed by atoms with van der Waals surface area (Å²) in [7, 11) is 0. The Kier molecular flexibility index (Phi) is 3.51. The second kappa shape index (κ2) is 5.55. The molecule has 0 N–H and O–H groups in total. The maximum atomic E-state index is 5.87. The summed E-state index contributed by atoms with van der Waals surface area (Å²) in [6.07, 6.45) is 10.9. The van der Waals surface area contributed by atoms with E-state index in [2.05, 4.69) is 42.8 Å². The van der Waals surface area contributed by atoms with Gasteiger partial charge in [-0.2, -0.15) is 0 Å². The number of hydrogen-bond donors (Lipinski definition) is 0. The van der Waals surface area contributed by atoms with E-state index in [-0.39, 0.29) is 0 Å². The first-order valence-corrected chi connectivity index (χ1v) is 8.69. The molecule has 23 heavy (non-hydrogen) atoms. The summed E-state index contributed by atoms with van der Waals surface area (Å²) in [5.41, 5.74) is 6.04. The molecule has 0 saturated heterocycles. The normalized spacial score (nSPS) is 16.3. The van der Waals surface area contributed by atoms with Crippen molar-refractivity contribution < 1.29 is 4.42 Å². The Labute approximate surface area is 137 Å². The average molecular weight is 308 g/mol. The molecule has 3 heteroatoms. The molecule has 4 rings (SSSR count). The van der Waals surface area contributed by atoms with Gasteiger partial charge in [-0.1, -0.05) is 19.3 Å². The van der Waals surface area contributed by atoms with Gasteiger partial charge in [-0.3, -0.25) is 0 Å². The van der Waals surface area contributed by atoms with Crippen LogP contribution in [0.1, 0.15) is 60.5 Å². The first kappa shape index (κ1) is 14.6. The average Bonchev–Trinajstić information content (AvgIpc) is 3.12. The SMILES string of the molecule is Cc1cc(-c2cn3ccc(C)c(C4CCCCC4)c3n2)oc1C. The quantitative estimate of drug-likeness (QED) is 0.620. The third kappa shape index (κ3) is 2.48. The summed E-state index contributed by atoms with van der Waals surface area (Å²) in [6.45, 7) is 6.31. The van der Waals surface area contributed by atoms with E-state index in [0.717, 1.165) is 22.9 Å². The van der Waals surface area contributed by atoms with E-state index in [1.165, 1.54) is 48.8 Å². The lowest BCUT2D eigenvalue weighted by Gasteiger charge is -2.23. The van der Waals surface area contributed by atoms with Crippen molar-refractivity contribution in [2.24, 2.45) is 0 Å². The van der Waals surface area contributed by atoms with Gasteiger partial charge in [0.2, 0.25) is 0 Å². The molecule has 3 heterocycles. The minimum absolute atomic E-state index is 0.655. The smallest absolute Gasteiger partial charge is 0.154 e. The van der Waals surface area contributed by atoms with Gasteiger partial charge in [0, 0.05) is 18.0 Å². The Morgan fingerprint density at radius 3 is 2.57 bits per heavy atom. The molecule has 0 aromatic carbocycles. The molecule has 3 aromatic rings. The van der Waals surface area contributed by atoms with Crippen LogP contribution in [0.5, 0.6) is 0 Å². The second-order valence-corrected chi connectivity index (χ2v) is 6.95. The number of rotatable bonds is 2. The monoisotopic (exact) mass is 308 g/mol. The Bertz CT molecular complexity index is 831. The molecule has 0 unspecified atom stereocenters. The molecule has 3 nitrogen and oxygen atoms in total. The lowest BCUT2D eigenvalue weighted by molar-refractivity contribution is 0.443. The van der Waals surface area contributed by atoms with E-state index in [9.17, 15) is 0 Å². The summed E-state index contributed by atoms with van der Waals surface area (Å²) >= 11 is 0. The zero-order valence-corrected chi connectivity index (χ0v) is 14.2. The molecule has 120 valence electrons. The Hall–Kier alpha value is -2.03. The Balaban J connectivity index is 1.84. The summed E-state index contributed by atoms with van der Waals surface area (Å²) in [4.78, 5) is 4.94. The molecule has 3 aromatic heterocycles. The van der Waals surface area contributed by atoms with Gasteiger partial charge in [0.15, 0.2) is 5.76 Å². The van der Waals surface area contributed by atoms with Crippen molar-refractivity contribution in [2.45, 2.75) is 58.8 Å². The molecule has 0 aliphatic heterocycles. The molecule has 1 fully saturated rings. The minimum atomic E-state index is 0.655. The van der Waals surface area contributed by atoms with E-state index in [0.29, 0.717) is 5.92 Å². The van der Waals surface area contributed by atoms with Crippen LogP contribution in [0.25, 0.3) is 17.1 Å². The molecule has 1 aliphatic carbocycles.